The van der Waals surface area contributed by atoms with E-state index in [4.69, 9.17) is 18.9 Å². The van der Waals surface area contributed by atoms with Crippen LogP contribution in [0.5, 0.6) is 0 Å². The molecule has 0 atom stereocenters. The SMILES string of the molecule is CCCCCCCCCCCCCCOCCN(CCOCCCCCCCCCCCCCC)C(=O)CCC(=O)NCCCC(C)(C)OCCC(C)(C)OC. The summed E-state index contributed by atoms with van der Waals surface area (Å²) in [6.45, 7) is 17.7. The molecule has 8 nitrogen and oxygen atoms in total. The Morgan fingerprint density at radius 2 is 0.893 bits per heavy atom. The molecule has 0 unspecified atom stereocenters. The molecule has 1 N–H and O–H groups in total. The topological polar surface area (TPSA) is 86.3 Å². The summed E-state index contributed by atoms with van der Waals surface area (Å²) in [6, 6.07) is 0. The van der Waals surface area contributed by atoms with Crippen molar-refractivity contribution in [3.05, 3.63) is 0 Å². The van der Waals surface area contributed by atoms with Crippen molar-refractivity contribution in [1.82, 2.24) is 10.2 Å². The average molecular weight is 797 g/mol. The Morgan fingerprint density at radius 3 is 1.30 bits per heavy atom. The Morgan fingerprint density at radius 1 is 0.482 bits per heavy atom. The van der Waals surface area contributed by atoms with Gasteiger partial charge in [-0.3, -0.25) is 9.59 Å². The van der Waals surface area contributed by atoms with Crippen molar-refractivity contribution in [3.63, 3.8) is 0 Å². The largest absolute Gasteiger partial charge is 0.380 e. The van der Waals surface area contributed by atoms with E-state index >= 15 is 0 Å². The highest BCUT2D eigenvalue weighted by atomic mass is 16.5. The highest BCUT2D eigenvalue weighted by Crippen LogP contribution is 2.20. The van der Waals surface area contributed by atoms with Gasteiger partial charge in [-0.15, -0.1) is 0 Å². The summed E-state index contributed by atoms with van der Waals surface area (Å²) in [5, 5.41) is 3.00. The van der Waals surface area contributed by atoms with Crippen molar-refractivity contribution in [2.24, 2.45) is 0 Å². The molecule has 0 aliphatic carbocycles. The Hall–Kier alpha value is -1.22. The lowest BCUT2D eigenvalue weighted by molar-refractivity contribution is -0.135. The lowest BCUT2D eigenvalue weighted by Gasteiger charge is -2.29. The number of hydrogen-bond donors (Lipinski definition) is 1. The van der Waals surface area contributed by atoms with E-state index in [0.717, 1.165) is 45.3 Å². The van der Waals surface area contributed by atoms with Gasteiger partial charge >= 0.3 is 0 Å². The van der Waals surface area contributed by atoms with Crippen LogP contribution in [0, 0.1) is 0 Å². The molecule has 0 heterocycles. The van der Waals surface area contributed by atoms with Crippen LogP contribution in [0.25, 0.3) is 0 Å². The monoisotopic (exact) mass is 797 g/mol. The number of unbranched alkanes of at least 4 members (excludes halogenated alkanes) is 22. The molecular weight excluding hydrogens is 701 g/mol. The first kappa shape index (κ1) is 54.8. The predicted molar refractivity (Wildman–Crippen MR) is 238 cm³/mol. The minimum atomic E-state index is -0.269. The van der Waals surface area contributed by atoms with E-state index in [2.05, 4.69) is 46.9 Å². The number of methoxy groups -OCH3 is 1. The fourth-order valence-corrected chi connectivity index (χ4v) is 6.96. The fourth-order valence-electron chi connectivity index (χ4n) is 6.96. The molecule has 0 aromatic rings. The number of hydrogen-bond acceptors (Lipinski definition) is 6. The van der Waals surface area contributed by atoms with E-state index in [1.54, 1.807) is 7.11 Å². The number of rotatable bonds is 44. The minimum Gasteiger partial charge on any atom is -0.380 e. The third kappa shape index (κ3) is 38.3. The molecule has 0 rings (SSSR count). The average Bonchev–Trinajstić information content (AvgIpc) is 3.17. The zero-order chi connectivity index (χ0) is 41.4. The molecule has 0 fully saturated rings. The van der Waals surface area contributed by atoms with Crippen molar-refractivity contribution >= 4 is 11.8 Å². The second-order valence-corrected chi connectivity index (χ2v) is 17.7. The number of nitrogens with one attached hydrogen (secondary N) is 1. The summed E-state index contributed by atoms with van der Waals surface area (Å²) in [5.41, 5.74) is -0.468. The van der Waals surface area contributed by atoms with Gasteiger partial charge in [-0.2, -0.15) is 0 Å². The molecule has 0 spiro atoms. The number of amides is 2. The Bertz CT molecular complexity index is 833. The second kappa shape index (κ2) is 39.3. The second-order valence-electron chi connectivity index (χ2n) is 17.7. The van der Waals surface area contributed by atoms with Gasteiger partial charge in [0.15, 0.2) is 0 Å². The summed E-state index contributed by atoms with van der Waals surface area (Å²) in [4.78, 5) is 27.8. The number of carbonyl (C=O) groups excluding carboxylic acids is 2. The van der Waals surface area contributed by atoms with Crippen LogP contribution in [-0.4, -0.2) is 87.7 Å². The Labute approximate surface area is 348 Å². The number of nitrogens with zero attached hydrogens (tertiary/aromatic N) is 1. The molecule has 0 aromatic heterocycles. The van der Waals surface area contributed by atoms with Crippen LogP contribution < -0.4 is 5.32 Å². The third-order valence-electron chi connectivity index (χ3n) is 11.2. The maximum Gasteiger partial charge on any atom is 0.223 e. The lowest BCUT2D eigenvalue weighted by atomic mass is 10.0. The van der Waals surface area contributed by atoms with Crippen LogP contribution >= 0.6 is 0 Å². The molecule has 0 aliphatic heterocycles. The van der Waals surface area contributed by atoms with Gasteiger partial charge in [-0.05, 0) is 59.8 Å². The first-order chi connectivity index (χ1) is 27.1. The molecule has 8 heteroatoms. The highest BCUT2D eigenvalue weighted by Gasteiger charge is 2.22. The molecule has 0 radical (unpaired) electrons. The summed E-state index contributed by atoms with van der Waals surface area (Å²) in [6.07, 6.45) is 34.7. The molecule has 0 saturated heterocycles. The highest BCUT2D eigenvalue weighted by molar-refractivity contribution is 5.83. The smallest absolute Gasteiger partial charge is 0.223 e. The molecule has 2 amide bonds. The van der Waals surface area contributed by atoms with E-state index in [0.29, 0.717) is 39.5 Å². The lowest BCUT2D eigenvalue weighted by Crippen LogP contribution is -2.37. The van der Waals surface area contributed by atoms with Gasteiger partial charge in [0.1, 0.15) is 0 Å². The van der Waals surface area contributed by atoms with Gasteiger partial charge in [-0.25, -0.2) is 0 Å². The summed E-state index contributed by atoms with van der Waals surface area (Å²) < 4.78 is 23.5. The van der Waals surface area contributed by atoms with Gasteiger partial charge in [0.2, 0.25) is 11.8 Å². The van der Waals surface area contributed by atoms with E-state index in [-0.39, 0.29) is 35.9 Å². The first-order valence-electron chi connectivity index (χ1n) is 24.0. The standard InChI is InChI=1S/C48H96N2O6/c1-8-10-12-14-16-18-20-22-24-26-28-30-40-54-43-38-50(39-44-55-41-31-29-27-25-23-21-19-17-15-13-11-9-2)46(52)34-33-45(51)49-37-32-35-48(5,6)56-42-36-47(3,4)53-7/h8-44H2,1-7H3,(H,49,51). The van der Waals surface area contributed by atoms with E-state index < -0.39 is 0 Å². The van der Waals surface area contributed by atoms with Crippen molar-refractivity contribution in [1.29, 1.82) is 0 Å². The molecule has 0 saturated carbocycles. The van der Waals surface area contributed by atoms with Gasteiger partial charge in [-0.1, -0.05) is 155 Å². The summed E-state index contributed by atoms with van der Waals surface area (Å²) in [7, 11) is 1.73. The zero-order valence-electron chi connectivity index (χ0n) is 38.6. The van der Waals surface area contributed by atoms with Gasteiger partial charge in [0, 0.05) is 52.8 Å². The molecule has 56 heavy (non-hydrogen) atoms. The van der Waals surface area contributed by atoms with E-state index in [1.165, 1.54) is 141 Å². The van der Waals surface area contributed by atoms with Crippen molar-refractivity contribution in [3.8, 4) is 0 Å². The van der Waals surface area contributed by atoms with Crippen LogP contribution in [0.15, 0.2) is 0 Å². The van der Waals surface area contributed by atoms with Crippen LogP contribution in [0.1, 0.15) is 228 Å². The summed E-state index contributed by atoms with van der Waals surface area (Å²) >= 11 is 0. The van der Waals surface area contributed by atoms with Crippen LogP contribution in [0.3, 0.4) is 0 Å². The predicted octanol–water partition coefficient (Wildman–Crippen LogP) is 12.5. The van der Waals surface area contributed by atoms with Crippen molar-refractivity contribution < 1.29 is 28.5 Å². The zero-order valence-corrected chi connectivity index (χ0v) is 38.6. The third-order valence-corrected chi connectivity index (χ3v) is 11.2. The maximum atomic E-state index is 13.3. The van der Waals surface area contributed by atoms with Gasteiger partial charge in [0.05, 0.1) is 31.0 Å². The van der Waals surface area contributed by atoms with Crippen LogP contribution in [-0.2, 0) is 28.5 Å². The minimum absolute atomic E-state index is 0.00315. The Kier molecular flexibility index (Phi) is 38.4. The molecule has 334 valence electrons. The normalized spacial score (nSPS) is 12.1. The van der Waals surface area contributed by atoms with Gasteiger partial charge < -0.3 is 29.2 Å². The number of carbonyl (C=O) groups is 2. The Balaban J connectivity index is 4.38. The van der Waals surface area contributed by atoms with Gasteiger partial charge in [0.25, 0.3) is 0 Å². The van der Waals surface area contributed by atoms with Crippen LogP contribution in [0.2, 0.25) is 0 Å². The van der Waals surface area contributed by atoms with Crippen molar-refractivity contribution in [2.75, 3.05) is 59.8 Å². The number of ether oxygens (including phenoxy) is 4. The molecule has 0 bridgehead atoms. The molecule has 0 aliphatic rings. The summed E-state index contributed by atoms with van der Waals surface area (Å²) in [5.74, 6) is -0.0816. The maximum absolute atomic E-state index is 13.3. The molecular formula is C48H96N2O6. The van der Waals surface area contributed by atoms with E-state index in [1.807, 2.05) is 4.90 Å². The first-order valence-corrected chi connectivity index (χ1v) is 24.0. The van der Waals surface area contributed by atoms with E-state index in [9.17, 15) is 9.59 Å². The van der Waals surface area contributed by atoms with Crippen LogP contribution in [0.4, 0.5) is 0 Å². The van der Waals surface area contributed by atoms with Crippen molar-refractivity contribution in [2.45, 2.75) is 239 Å². The quantitative estimate of drug-likeness (QED) is 0.0618. The molecule has 0 aromatic carbocycles. The fraction of sp³-hybridized carbons (Fsp3) is 0.958.